The van der Waals surface area contributed by atoms with Crippen LogP contribution in [0.15, 0.2) is 52.0 Å². The van der Waals surface area contributed by atoms with E-state index in [4.69, 9.17) is 0 Å². The Hall–Kier alpha value is -2.20. The average molecular weight is 268 g/mol. The van der Waals surface area contributed by atoms with Crippen molar-refractivity contribution in [3.05, 3.63) is 63.1 Å². The lowest BCUT2D eigenvalue weighted by molar-refractivity contribution is 1.09. The van der Waals surface area contributed by atoms with Crippen molar-refractivity contribution in [2.75, 3.05) is 0 Å². The third kappa shape index (κ3) is 2.22. The van der Waals surface area contributed by atoms with Gasteiger partial charge in [-0.15, -0.1) is 0 Å². The summed E-state index contributed by atoms with van der Waals surface area (Å²) in [6, 6.07) is 11.7. The van der Waals surface area contributed by atoms with E-state index in [9.17, 15) is 4.79 Å². The van der Waals surface area contributed by atoms with Crippen LogP contribution in [-0.4, -0.2) is 9.97 Å². The Balaban J connectivity index is 2.23. The largest absolute Gasteiger partial charge is 0.306 e. The van der Waals surface area contributed by atoms with Crippen molar-refractivity contribution in [3.63, 3.8) is 0 Å². The lowest BCUT2D eigenvalue weighted by atomic mass is 10.1. The molecule has 0 fully saturated rings. The summed E-state index contributed by atoms with van der Waals surface area (Å²) in [6.45, 7) is 1.80. The van der Waals surface area contributed by atoms with Gasteiger partial charge in [-0.05, 0) is 18.4 Å². The molecule has 0 amide bonds. The first-order valence-electron chi connectivity index (χ1n) is 5.94. The van der Waals surface area contributed by atoms with Crippen LogP contribution in [-0.2, 0) is 0 Å². The minimum absolute atomic E-state index is 0.0879. The standard InChI is InChI=1S/C15H12N2OS/c1-10-13(11-5-3-2-4-6-11)16-14(17-15(10)18)12-7-8-19-9-12/h2-9H,1H3,(H,16,17,18). The summed E-state index contributed by atoms with van der Waals surface area (Å²) >= 11 is 1.58. The van der Waals surface area contributed by atoms with Gasteiger partial charge in [-0.25, -0.2) is 4.98 Å². The molecule has 3 aromatic rings. The zero-order chi connectivity index (χ0) is 13.2. The molecule has 2 heterocycles. The average Bonchev–Trinajstić information content (AvgIpc) is 2.97. The molecule has 4 heteroatoms. The number of nitrogens with one attached hydrogen (secondary N) is 1. The van der Waals surface area contributed by atoms with Crippen molar-refractivity contribution < 1.29 is 0 Å². The maximum atomic E-state index is 12.0. The van der Waals surface area contributed by atoms with E-state index in [1.807, 2.05) is 47.2 Å². The van der Waals surface area contributed by atoms with Crippen LogP contribution in [0.4, 0.5) is 0 Å². The van der Waals surface area contributed by atoms with E-state index in [0.717, 1.165) is 16.8 Å². The first kappa shape index (κ1) is 11.9. The molecule has 0 atom stereocenters. The first-order valence-corrected chi connectivity index (χ1v) is 6.89. The summed E-state index contributed by atoms with van der Waals surface area (Å²) in [5.74, 6) is 0.621. The minimum atomic E-state index is -0.0879. The van der Waals surface area contributed by atoms with Gasteiger partial charge in [0, 0.05) is 22.1 Å². The predicted octanol–water partition coefficient (Wildman–Crippen LogP) is 3.47. The highest BCUT2D eigenvalue weighted by Gasteiger charge is 2.10. The fourth-order valence-corrected chi connectivity index (χ4v) is 2.59. The van der Waals surface area contributed by atoms with Gasteiger partial charge in [0.15, 0.2) is 0 Å². The van der Waals surface area contributed by atoms with Crippen LogP contribution in [0.25, 0.3) is 22.6 Å². The van der Waals surface area contributed by atoms with Gasteiger partial charge in [-0.1, -0.05) is 30.3 Å². The van der Waals surface area contributed by atoms with E-state index >= 15 is 0 Å². The van der Waals surface area contributed by atoms with Crippen molar-refractivity contribution in [1.29, 1.82) is 0 Å². The number of rotatable bonds is 2. The fraction of sp³-hybridized carbons (Fsp3) is 0.0667. The van der Waals surface area contributed by atoms with E-state index in [-0.39, 0.29) is 5.56 Å². The Bertz CT molecular complexity index is 746. The molecule has 3 nitrogen and oxygen atoms in total. The monoisotopic (exact) mass is 268 g/mol. The van der Waals surface area contributed by atoms with Gasteiger partial charge in [0.2, 0.25) is 0 Å². The molecular weight excluding hydrogens is 256 g/mol. The van der Waals surface area contributed by atoms with E-state index < -0.39 is 0 Å². The minimum Gasteiger partial charge on any atom is -0.306 e. The van der Waals surface area contributed by atoms with Gasteiger partial charge in [0.1, 0.15) is 5.82 Å². The molecule has 19 heavy (non-hydrogen) atoms. The molecular formula is C15H12N2OS. The lowest BCUT2D eigenvalue weighted by Crippen LogP contribution is -2.14. The summed E-state index contributed by atoms with van der Waals surface area (Å²) in [7, 11) is 0. The molecule has 0 aliphatic heterocycles. The number of aromatic amines is 1. The zero-order valence-electron chi connectivity index (χ0n) is 10.4. The molecule has 0 unspecified atom stereocenters. The number of hydrogen-bond acceptors (Lipinski definition) is 3. The van der Waals surface area contributed by atoms with Gasteiger partial charge >= 0.3 is 0 Å². The molecule has 0 aliphatic carbocycles. The molecule has 0 radical (unpaired) electrons. The fourth-order valence-electron chi connectivity index (χ4n) is 1.95. The third-order valence-electron chi connectivity index (χ3n) is 2.99. The highest BCUT2D eigenvalue weighted by molar-refractivity contribution is 7.08. The maximum absolute atomic E-state index is 12.0. The Morgan fingerprint density at radius 2 is 1.89 bits per heavy atom. The molecule has 0 saturated heterocycles. The van der Waals surface area contributed by atoms with Crippen LogP contribution in [0, 0.1) is 6.92 Å². The molecule has 2 aromatic heterocycles. The van der Waals surface area contributed by atoms with Crippen LogP contribution < -0.4 is 5.56 Å². The number of nitrogens with zero attached hydrogens (tertiary/aromatic N) is 1. The lowest BCUT2D eigenvalue weighted by Gasteiger charge is -2.06. The molecule has 1 N–H and O–H groups in total. The Kier molecular flexibility index (Phi) is 3.01. The van der Waals surface area contributed by atoms with Gasteiger partial charge in [0.05, 0.1) is 5.69 Å². The molecule has 3 rings (SSSR count). The highest BCUT2D eigenvalue weighted by atomic mass is 32.1. The van der Waals surface area contributed by atoms with Crippen LogP contribution >= 0.6 is 11.3 Å². The second-order valence-electron chi connectivity index (χ2n) is 4.27. The van der Waals surface area contributed by atoms with E-state index in [2.05, 4.69) is 9.97 Å². The molecule has 94 valence electrons. The van der Waals surface area contributed by atoms with Crippen molar-refractivity contribution in [1.82, 2.24) is 9.97 Å². The van der Waals surface area contributed by atoms with Gasteiger partial charge < -0.3 is 4.98 Å². The smallest absolute Gasteiger partial charge is 0.254 e. The van der Waals surface area contributed by atoms with Crippen LogP contribution in [0.2, 0.25) is 0 Å². The quantitative estimate of drug-likeness (QED) is 0.773. The SMILES string of the molecule is Cc1c(-c2ccccc2)nc(-c2ccsc2)[nH]c1=O. The topological polar surface area (TPSA) is 45.8 Å². The maximum Gasteiger partial charge on any atom is 0.254 e. The third-order valence-corrected chi connectivity index (χ3v) is 3.68. The Morgan fingerprint density at radius 1 is 1.11 bits per heavy atom. The van der Waals surface area contributed by atoms with E-state index in [1.165, 1.54) is 0 Å². The van der Waals surface area contributed by atoms with Gasteiger partial charge in [-0.2, -0.15) is 11.3 Å². The van der Waals surface area contributed by atoms with E-state index in [0.29, 0.717) is 11.4 Å². The Morgan fingerprint density at radius 3 is 2.58 bits per heavy atom. The first-order chi connectivity index (χ1) is 9.25. The van der Waals surface area contributed by atoms with Crippen molar-refractivity contribution in [3.8, 4) is 22.6 Å². The normalized spacial score (nSPS) is 10.6. The van der Waals surface area contributed by atoms with Crippen molar-refractivity contribution in [2.24, 2.45) is 0 Å². The second kappa shape index (κ2) is 4.82. The van der Waals surface area contributed by atoms with Crippen LogP contribution in [0.1, 0.15) is 5.56 Å². The highest BCUT2D eigenvalue weighted by Crippen LogP contribution is 2.23. The van der Waals surface area contributed by atoms with Crippen molar-refractivity contribution >= 4 is 11.3 Å². The molecule has 0 aliphatic rings. The van der Waals surface area contributed by atoms with Crippen molar-refractivity contribution in [2.45, 2.75) is 6.92 Å². The summed E-state index contributed by atoms with van der Waals surface area (Å²) in [5.41, 5.74) is 3.20. The number of thiophene rings is 1. The zero-order valence-corrected chi connectivity index (χ0v) is 11.2. The number of hydrogen-bond donors (Lipinski definition) is 1. The number of benzene rings is 1. The molecule has 1 aromatic carbocycles. The van der Waals surface area contributed by atoms with Gasteiger partial charge in [0.25, 0.3) is 5.56 Å². The predicted molar refractivity (Wildman–Crippen MR) is 78.3 cm³/mol. The summed E-state index contributed by atoms with van der Waals surface area (Å²) < 4.78 is 0. The van der Waals surface area contributed by atoms with Crippen LogP contribution in [0.3, 0.4) is 0 Å². The van der Waals surface area contributed by atoms with E-state index in [1.54, 1.807) is 18.3 Å². The molecule has 0 saturated carbocycles. The summed E-state index contributed by atoms with van der Waals surface area (Å²) in [5, 5.41) is 3.94. The van der Waals surface area contributed by atoms with Gasteiger partial charge in [-0.3, -0.25) is 4.79 Å². The second-order valence-corrected chi connectivity index (χ2v) is 5.05. The summed E-state index contributed by atoms with van der Waals surface area (Å²) in [6.07, 6.45) is 0. The number of H-pyrrole nitrogens is 1. The Labute approximate surface area is 114 Å². The molecule has 0 spiro atoms. The van der Waals surface area contributed by atoms with Crippen LogP contribution in [0.5, 0.6) is 0 Å². The summed E-state index contributed by atoms with van der Waals surface area (Å²) in [4.78, 5) is 19.5. The number of aromatic nitrogens is 2. The molecule has 0 bridgehead atoms.